The van der Waals surface area contributed by atoms with Crippen LogP contribution in [0.15, 0.2) is 89.6 Å². The smallest absolute Gasteiger partial charge is 0.274 e. The summed E-state index contributed by atoms with van der Waals surface area (Å²) in [7, 11) is -0.669. The van der Waals surface area contributed by atoms with E-state index in [0.29, 0.717) is 41.9 Å². The first-order valence-electron chi connectivity index (χ1n) is 20.3. The monoisotopic (exact) mass is 851 g/mol. The number of carbonyl (C=O) groups excluding carboxylic acids is 1. The molecule has 2 aromatic heterocycles. The summed E-state index contributed by atoms with van der Waals surface area (Å²) in [6, 6.07) is 19.4. The van der Waals surface area contributed by atoms with E-state index < -0.39 is 20.9 Å². The van der Waals surface area contributed by atoms with Crippen molar-refractivity contribution < 1.29 is 22.9 Å². The molecule has 0 unspecified atom stereocenters. The van der Waals surface area contributed by atoms with Gasteiger partial charge in [0.25, 0.3) is 21.6 Å². The number of amides is 1. The minimum absolute atomic E-state index is 0.0151. The van der Waals surface area contributed by atoms with Gasteiger partial charge in [-0.05, 0) is 117 Å². The number of hydrogen-bond donors (Lipinski definition) is 2. The number of nitrogens with one attached hydrogen (secondary N) is 2. The summed E-state index contributed by atoms with van der Waals surface area (Å²) >= 11 is 6.24. The maximum absolute atomic E-state index is 14.0. The predicted octanol–water partition coefficient (Wildman–Crippen LogP) is 8.10. The summed E-state index contributed by atoms with van der Waals surface area (Å²) in [6.45, 7) is 9.39. The second-order valence-electron chi connectivity index (χ2n) is 17.4. The molecule has 1 atom stereocenters. The molecule has 3 aliphatic rings. The lowest BCUT2D eigenvalue weighted by Crippen LogP contribution is -2.47. The van der Waals surface area contributed by atoms with E-state index in [1.807, 2.05) is 37.2 Å². The van der Waals surface area contributed by atoms with Crippen molar-refractivity contribution in [3.8, 4) is 11.5 Å². The molecular weight excluding hydrogens is 802 g/mol. The van der Waals surface area contributed by atoms with Crippen molar-refractivity contribution in [1.29, 1.82) is 0 Å². The molecule has 1 saturated heterocycles. The summed E-state index contributed by atoms with van der Waals surface area (Å²) in [5, 5.41) is 13.7. The maximum Gasteiger partial charge on any atom is 0.274 e. The highest BCUT2D eigenvalue weighted by Gasteiger charge is 2.34. The Labute approximate surface area is 355 Å². The quantitative estimate of drug-likeness (QED) is 0.0930. The van der Waals surface area contributed by atoms with E-state index in [2.05, 4.69) is 50.5 Å². The van der Waals surface area contributed by atoms with E-state index in [9.17, 15) is 23.3 Å². The number of pyridine rings is 1. The molecular formula is C45H50ClN7O6S. The molecule has 3 aromatic carbocycles. The molecule has 314 valence electrons. The number of nitrogens with zero attached hydrogens (tertiary/aromatic N) is 5. The number of allylic oxidation sites excluding steroid dienone is 1. The molecule has 15 heteroatoms. The van der Waals surface area contributed by atoms with Gasteiger partial charge in [-0.25, -0.2) is 18.1 Å². The number of fused-ring (bicyclic) bond motifs is 2. The van der Waals surface area contributed by atoms with Crippen LogP contribution in [0.5, 0.6) is 11.5 Å². The van der Waals surface area contributed by atoms with Crippen molar-refractivity contribution >= 4 is 55.5 Å². The molecule has 60 heavy (non-hydrogen) atoms. The second kappa shape index (κ2) is 16.6. The molecule has 2 aliphatic carbocycles. The third-order valence-corrected chi connectivity index (χ3v) is 13.6. The van der Waals surface area contributed by atoms with Gasteiger partial charge in [0.2, 0.25) is 0 Å². The number of aromatic amines is 1. The van der Waals surface area contributed by atoms with Gasteiger partial charge in [-0.2, -0.15) is 0 Å². The molecule has 1 aliphatic heterocycles. The fourth-order valence-corrected chi connectivity index (χ4v) is 10.1. The van der Waals surface area contributed by atoms with Gasteiger partial charge in [-0.3, -0.25) is 19.8 Å². The number of ether oxygens (including phenoxy) is 1. The number of halogens is 1. The highest BCUT2D eigenvalue weighted by atomic mass is 35.5. The Morgan fingerprint density at radius 3 is 2.55 bits per heavy atom. The zero-order valence-electron chi connectivity index (χ0n) is 34.3. The van der Waals surface area contributed by atoms with Crippen LogP contribution in [-0.2, 0) is 22.9 Å². The maximum atomic E-state index is 14.0. The van der Waals surface area contributed by atoms with Gasteiger partial charge in [0.05, 0.1) is 21.6 Å². The van der Waals surface area contributed by atoms with Gasteiger partial charge in [-0.15, -0.1) is 0 Å². The van der Waals surface area contributed by atoms with Crippen molar-refractivity contribution in [1.82, 2.24) is 24.5 Å². The third-order valence-electron chi connectivity index (χ3n) is 12.0. The van der Waals surface area contributed by atoms with E-state index >= 15 is 0 Å². The molecule has 5 aromatic rings. The van der Waals surface area contributed by atoms with Crippen LogP contribution in [0.3, 0.4) is 0 Å². The van der Waals surface area contributed by atoms with Gasteiger partial charge in [0, 0.05) is 79.3 Å². The van der Waals surface area contributed by atoms with Gasteiger partial charge in [0.1, 0.15) is 17.1 Å². The standard InChI is InChI=1S/C45H50ClN7O6S/c1-45(2)13-11-32(40(25-45)30-5-7-34(46)8-6-30)28-51-15-17-52(18-16-51)35-9-10-38(42(23-35)59-36-21-31-12-14-47-43(31)48-26-36)44(54)49-60(57,58)37-22-33-19-29(27-50(3)4)20-39(33)41(24-37)53(55)56/h5-10,12,14,21-24,26,29H,11,13,15-20,25,27-28H2,1-4H3,(H,47,48)(H,49,54)/t29-/m0/s1. The van der Waals surface area contributed by atoms with Crippen LogP contribution in [0.4, 0.5) is 11.4 Å². The topological polar surface area (TPSA) is 154 Å². The largest absolute Gasteiger partial charge is 0.455 e. The fourth-order valence-electron chi connectivity index (χ4n) is 8.96. The molecule has 1 amide bonds. The van der Waals surface area contributed by atoms with Gasteiger partial charge < -0.3 is 19.5 Å². The lowest BCUT2D eigenvalue weighted by atomic mass is 9.72. The van der Waals surface area contributed by atoms with Gasteiger partial charge in [-0.1, -0.05) is 43.2 Å². The van der Waals surface area contributed by atoms with Crippen molar-refractivity contribution in [3.05, 3.63) is 122 Å². The van der Waals surface area contributed by atoms with E-state index in [1.54, 1.807) is 30.5 Å². The average molecular weight is 852 g/mol. The zero-order chi connectivity index (χ0) is 42.3. The second-order valence-corrected chi connectivity index (χ2v) is 19.5. The van der Waals surface area contributed by atoms with Crippen LogP contribution in [0, 0.1) is 21.4 Å². The number of carbonyl (C=O) groups is 1. The normalized spacial score (nSPS) is 18.2. The minimum Gasteiger partial charge on any atom is -0.455 e. The van der Waals surface area contributed by atoms with Crippen LogP contribution >= 0.6 is 11.6 Å². The van der Waals surface area contributed by atoms with Crippen LogP contribution in [0.2, 0.25) is 5.02 Å². The predicted molar refractivity (Wildman–Crippen MR) is 234 cm³/mol. The summed E-state index contributed by atoms with van der Waals surface area (Å²) in [4.78, 5) is 39.5. The molecule has 2 N–H and O–H groups in total. The zero-order valence-corrected chi connectivity index (χ0v) is 35.9. The van der Waals surface area contributed by atoms with Gasteiger partial charge >= 0.3 is 0 Å². The molecule has 0 spiro atoms. The van der Waals surface area contributed by atoms with Crippen LogP contribution < -0.4 is 14.4 Å². The molecule has 1 fully saturated rings. The van der Waals surface area contributed by atoms with Crippen LogP contribution in [0.1, 0.15) is 60.2 Å². The van der Waals surface area contributed by atoms with E-state index in [1.165, 1.54) is 29.0 Å². The van der Waals surface area contributed by atoms with Crippen molar-refractivity contribution in [2.75, 3.05) is 58.3 Å². The molecule has 3 heterocycles. The molecule has 0 saturated carbocycles. The van der Waals surface area contributed by atoms with E-state index in [-0.39, 0.29) is 33.2 Å². The number of sulfonamides is 1. The number of anilines is 1. The van der Waals surface area contributed by atoms with Crippen LogP contribution in [-0.4, -0.2) is 92.4 Å². The Morgan fingerprint density at radius 2 is 1.82 bits per heavy atom. The molecule has 0 bridgehead atoms. The lowest BCUT2D eigenvalue weighted by Gasteiger charge is -2.39. The Bertz CT molecular complexity index is 2600. The first kappa shape index (κ1) is 41.5. The van der Waals surface area contributed by atoms with Crippen molar-refractivity contribution in [2.45, 2.75) is 50.8 Å². The highest BCUT2D eigenvalue weighted by molar-refractivity contribution is 7.90. The Hall–Kier alpha value is -5.28. The first-order valence-corrected chi connectivity index (χ1v) is 22.2. The highest BCUT2D eigenvalue weighted by Crippen LogP contribution is 2.44. The Balaban J connectivity index is 1.03. The number of aromatic nitrogens is 2. The number of hydrogen-bond acceptors (Lipinski definition) is 10. The Kier molecular flexibility index (Phi) is 11.5. The summed E-state index contributed by atoms with van der Waals surface area (Å²) in [5.74, 6) is -0.306. The third kappa shape index (κ3) is 9.07. The van der Waals surface area contributed by atoms with Crippen molar-refractivity contribution in [2.24, 2.45) is 11.3 Å². The lowest BCUT2D eigenvalue weighted by molar-refractivity contribution is -0.385. The van der Waals surface area contributed by atoms with Gasteiger partial charge in [0.15, 0.2) is 0 Å². The first-order chi connectivity index (χ1) is 28.6. The average Bonchev–Trinajstić information content (AvgIpc) is 3.84. The summed E-state index contributed by atoms with van der Waals surface area (Å²) in [5.41, 5.74) is 6.71. The number of nitro groups is 1. The fraction of sp³-hybridized carbons (Fsp3) is 0.378. The number of piperazine rings is 1. The Morgan fingerprint density at radius 1 is 1.05 bits per heavy atom. The number of benzene rings is 3. The van der Waals surface area contributed by atoms with Crippen LogP contribution in [0.25, 0.3) is 16.6 Å². The molecule has 0 radical (unpaired) electrons. The van der Waals surface area contributed by atoms with E-state index in [0.717, 1.165) is 74.1 Å². The number of rotatable bonds is 12. The minimum atomic E-state index is -4.53. The molecule has 8 rings (SSSR count). The summed E-state index contributed by atoms with van der Waals surface area (Å²) in [6.07, 6.45) is 7.49. The summed E-state index contributed by atoms with van der Waals surface area (Å²) < 4.78 is 36.2. The molecule has 13 nitrogen and oxygen atoms in total. The number of H-pyrrole nitrogens is 1. The van der Waals surface area contributed by atoms with E-state index in [4.69, 9.17) is 16.3 Å². The van der Waals surface area contributed by atoms with Crippen molar-refractivity contribution in [3.63, 3.8) is 0 Å². The SMILES string of the molecule is CN(C)C[C@H]1Cc2cc(S(=O)(=O)NC(=O)c3ccc(N4CCN(CC5=C(c6ccc(Cl)cc6)CC(C)(C)CC5)CC4)cc3Oc3cnc4[nH]ccc4c3)cc([N+](=O)[O-])c2C1. The number of nitro benzene ring substituents is 1.